The van der Waals surface area contributed by atoms with Gasteiger partial charge >= 0.3 is 0 Å². The average Bonchev–Trinajstić information content (AvgIpc) is 1.68. The molecule has 10 aliphatic rings. The van der Waals surface area contributed by atoms with Crippen molar-refractivity contribution in [2.75, 3.05) is 174 Å². The lowest BCUT2D eigenvalue weighted by molar-refractivity contribution is -0.282. The Hall–Kier alpha value is 0.0100. The van der Waals surface area contributed by atoms with E-state index < -0.39 is 219 Å². The standard InChI is InChI=1S/C91H162O37S5/c1-51(2)13-6-14-52(3)56-17-18-57-55-16-15-53-45-54(19-21-90(53,4)58(55)20-22-91(56,57)5)117-39-38-116-37-36-115-35-34-114-33-32-113-31-30-112-23-7-24-118-79-80(119-25-8-40-129-85-74(107)69(102)64(97)59(46-92)124-85)82(121-27-10-42-131-87-76(109)71(104)66(99)61(48-94)126-87)84(123-29-12-44-133-89-78(111)73(106)68(101)63(50-96)128-89)83(122-28-11-43-132-88-77(110)72(105)67(100)62(49-95)127-88)81(79)120-26-9-41-130-86-75(108)70(103)65(98)60(47-93)125-86/h15,51-52,54-89,92-111H,6-14,16-50H2,1-5H3/t52-,54-,55+,56-,57+,58+,59-,60-,61-,62-,63-,64+,65+,66+,67+,68+,69+,70+,71+,72+,73+,74-,75-,76-,77-,78-,79?,80?,81?,82?,83?,84?,85+,86+,87+,88+,89+,90+,91-/m1/s1. The summed E-state index contributed by atoms with van der Waals surface area (Å²) in [6.07, 6.45) is -18.1. The number of fused-ring (bicyclic) bond motifs is 5. The zero-order valence-corrected chi connectivity index (χ0v) is 82.1. The van der Waals surface area contributed by atoms with Gasteiger partial charge in [-0.25, -0.2) is 0 Å². The van der Waals surface area contributed by atoms with Crippen molar-refractivity contribution in [3.63, 3.8) is 0 Å². The van der Waals surface area contributed by atoms with Crippen LogP contribution in [0.1, 0.15) is 144 Å². The third kappa shape index (κ3) is 31.8. The molecule has 0 bridgehead atoms. The molecule has 0 aromatic heterocycles. The van der Waals surface area contributed by atoms with Crippen LogP contribution in [0.15, 0.2) is 11.6 Å². The van der Waals surface area contributed by atoms with Gasteiger partial charge in [0.05, 0.1) is 105 Å². The fourth-order valence-corrected chi connectivity index (χ4v) is 26.6. The van der Waals surface area contributed by atoms with Gasteiger partial charge in [0.1, 0.15) is 186 Å². The van der Waals surface area contributed by atoms with Crippen LogP contribution >= 0.6 is 58.8 Å². The Morgan fingerprint density at radius 3 is 0.947 bits per heavy atom. The molecule has 133 heavy (non-hydrogen) atoms. The molecule has 37 atom stereocenters. The van der Waals surface area contributed by atoms with Crippen molar-refractivity contribution in [3.8, 4) is 0 Å². The third-order valence-corrected chi connectivity index (χ3v) is 34.9. The van der Waals surface area contributed by atoms with Gasteiger partial charge in [-0.2, -0.15) is 0 Å². The normalized spacial score (nSPS) is 40.8. The maximum absolute atomic E-state index is 11.0. The van der Waals surface area contributed by atoms with Crippen LogP contribution in [0.25, 0.3) is 0 Å². The Labute approximate surface area is 804 Å². The summed E-state index contributed by atoms with van der Waals surface area (Å²) < 4.78 is 107. The van der Waals surface area contributed by atoms with Crippen molar-refractivity contribution < 1.29 is 183 Å². The van der Waals surface area contributed by atoms with Crippen LogP contribution in [-0.4, -0.2) is 468 Å². The van der Waals surface area contributed by atoms with E-state index >= 15 is 0 Å². The van der Waals surface area contributed by atoms with E-state index in [-0.39, 0.29) is 132 Å². The number of hydrogen-bond acceptors (Lipinski definition) is 42. The molecule has 0 spiro atoms. The molecule has 5 heterocycles. The smallest absolute Gasteiger partial charge is 0.132 e. The summed E-state index contributed by atoms with van der Waals surface area (Å²) in [7, 11) is 0. The number of aliphatic hydroxyl groups excluding tert-OH is 20. The minimum Gasteiger partial charge on any atom is -0.394 e. The molecule has 5 aliphatic heterocycles. The second kappa shape index (κ2) is 59.0. The van der Waals surface area contributed by atoms with E-state index in [1.165, 1.54) is 57.8 Å². The highest BCUT2D eigenvalue weighted by Crippen LogP contribution is 2.68. The Balaban J connectivity index is 0.761. The van der Waals surface area contributed by atoms with Gasteiger partial charge in [-0.15, -0.1) is 58.8 Å². The predicted molar refractivity (Wildman–Crippen MR) is 494 cm³/mol. The zero-order valence-electron chi connectivity index (χ0n) is 78.1. The molecule has 20 N–H and O–H groups in total. The molecule has 4 unspecified atom stereocenters. The van der Waals surface area contributed by atoms with E-state index in [1.807, 2.05) is 0 Å². The lowest BCUT2D eigenvalue weighted by Gasteiger charge is -2.58. The monoisotopic (exact) mass is 2010 g/mol. The average molecular weight is 2010 g/mol. The van der Waals surface area contributed by atoms with Crippen molar-refractivity contribution in [3.05, 3.63) is 11.6 Å². The highest BCUT2D eigenvalue weighted by molar-refractivity contribution is 8.00. The predicted octanol–water partition coefficient (Wildman–Crippen LogP) is -0.173. The number of rotatable bonds is 61. The fourth-order valence-electron chi connectivity index (χ4n) is 21.1. The summed E-state index contributed by atoms with van der Waals surface area (Å²) in [5.74, 6) is 5.97. The molecular weight excluding hydrogens is 1850 g/mol. The molecule has 0 aromatic rings. The van der Waals surface area contributed by atoms with Crippen LogP contribution in [0.4, 0.5) is 0 Å². The Bertz CT molecular complexity index is 3080. The first-order chi connectivity index (χ1) is 64.1. The second-order valence-electron chi connectivity index (χ2n) is 38.1. The first-order valence-corrected chi connectivity index (χ1v) is 53.8. The van der Waals surface area contributed by atoms with E-state index in [1.54, 1.807) is 5.57 Å². The largest absolute Gasteiger partial charge is 0.394 e. The van der Waals surface area contributed by atoms with Crippen molar-refractivity contribution in [1.29, 1.82) is 0 Å². The summed E-state index contributed by atoms with van der Waals surface area (Å²) in [5, 5.41) is 211. The Morgan fingerprint density at radius 2 is 0.632 bits per heavy atom. The minimum atomic E-state index is -1.64. The van der Waals surface area contributed by atoms with Gasteiger partial charge in [0.15, 0.2) is 0 Å². The molecule has 0 amide bonds. The van der Waals surface area contributed by atoms with Gasteiger partial charge in [-0.05, 0) is 165 Å². The number of ether oxygens (including phenoxy) is 17. The first kappa shape index (κ1) is 115. The van der Waals surface area contributed by atoms with Gasteiger partial charge in [-0.3, -0.25) is 0 Å². The lowest BCUT2D eigenvalue weighted by atomic mass is 9.47. The molecule has 10 rings (SSSR count). The maximum atomic E-state index is 11.0. The van der Waals surface area contributed by atoms with Gasteiger partial charge in [0.2, 0.25) is 0 Å². The summed E-state index contributed by atoms with van der Waals surface area (Å²) in [5.41, 5.74) is -3.01. The topological polar surface area (TPSA) is 562 Å². The van der Waals surface area contributed by atoms with Crippen LogP contribution in [-0.2, 0) is 80.5 Å². The van der Waals surface area contributed by atoms with Gasteiger partial charge in [0.25, 0.3) is 0 Å². The van der Waals surface area contributed by atoms with Crippen LogP contribution in [0, 0.1) is 46.3 Å². The van der Waals surface area contributed by atoms with Crippen molar-refractivity contribution in [2.45, 2.75) is 336 Å². The maximum Gasteiger partial charge on any atom is 0.132 e. The van der Waals surface area contributed by atoms with Crippen molar-refractivity contribution in [1.82, 2.24) is 0 Å². The summed E-state index contributed by atoms with van der Waals surface area (Å²) in [6, 6.07) is 0. The molecule has 9 fully saturated rings. The summed E-state index contributed by atoms with van der Waals surface area (Å²) in [6.45, 7) is 12.9. The number of aliphatic hydroxyl groups is 20. The minimum absolute atomic E-state index is 0.00556. The molecule has 5 saturated heterocycles. The summed E-state index contributed by atoms with van der Waals surface area (Å²) >= 11 is 5.51. The van der Waals surface area contributed by atoms with E-state index in [2.05, 4.69) is 40.7 Å². The van der Waals surface area contributed by atoms with Crippen LogP contribution in [0.3, 0.4) is 0 Å². The molecule has 4 saturated carbocycles. The fraction of sp³-hybridized carbons (Fsp3) is 0.978. The molecule has 0 radical (unpaired) electrons. The molecule has 0 aromatic carbocycles. The van der Waals surface area contributed by atoms with Gasteiger partial charge in [-0.1, -0.05) is 65.5 Å². The molecule has 42 heteroatoms. The number of hydrogen-bond donors (Lipinski definition) is 20. The van der Waals surface area contributed by atoms with Crippen LogP contribution in [0.2, 0.25) is 0 Å². The van der Waals surface area contributed by atoms with E-state index in [4.69, 9.17) is 80.5 Å². The second-order valence-corrected chi connectivity index (χ2v) is 44.1. The quantitative estimate of drug-likeness (QED) is 0.0278. The SMILES string of the molecule is CC(C)CCC[C@@H](C)[C@H]1CC[C@H]2[C@@H]3CC=C4C[C@H](OCCOCCOCCOCCOCCOCCCOC5C(OCCCS[C@@H]6O[C@H](CO)[C@H](O)[C@H](O)[C@H]6O)C(OCCCS[C@@H]6O[C@H](CO)[C@H](O)[C@H](O)[C@H]6O)C(OCCCS[C@@H]6O[C@H](CO)[C@H](O)[C@H](O)[C@H]6O)C(OCCCS[C@@H]6O[C@H](CO)[C@H](O)[C@H](O)[C@H]6O)C5OCCCS[C@@H]5O[C@H](CO)[C@H](O)[C@H](O)[C@H]5O)CC[C@]4(C)[C@H]3CC[C@]12C. The Kier molecular flexibility index (Phi) is 51.0. The molecular formula is C91H162O37S5. The third-order valence-electron chi connectivity index (χ3n) is 28.7. The van der Waals surface area contributed by atoms with E-state index in [9.17, 15) is 102 Å². The van der Waals surface area contributed by atoms with Crippen LogP contribution < -0.4 is 0 Å². The highest BCUT2D eigenvalue weighted by atomic mass is 32.2. The molecule has 5 aliphatic carbocycles. The van der Waals surface area contributed by atoms with Crippen LogP contribution in [0.5, 0.6) is 0 Å². The van der Waals surface area contributed by atoms with E-state index in [0.29, 0.717) is 64.7 Å². The number of allylic oxidation sites excluding steroid dienone is 1. The Morgan fingerprint density at radius 1 is 0.323 bits per heavy atom. The van der Waals surface area contributed by atoms with Gasteiger partial charge in [0, 0.05) is 46.2 Å². The molecule has 37 nitrogen and oxygen atoms in total. The van der Waals surface area contributed by atoms with Gasteiger partial charge < -0.3 is 183 Å². The zero-order chi connectivity index (χ0) is 95.9. The highest BCUT2D eigenvalue weighted by Gasteiger charge is 2.61. The number of thioether (sulfide) groups is 5. The van der Waals surface area contributed by atoms with E-state index in [0.717, 1.165) is 107 Å². The first-order valence-electron chi connectivity index (χ1n) is 48.6. The lowest BCUT2D eigenvalue weighted by Crippen LogP contribution is -2.68. The molecule has 778 valence electrons. The van der Waals surface area contributed by atoms with Crippen molar-refractivity contribution >= 4 is 58.8 Å². The summed E-state index contributed by atoms with van der Waals surface area (Å²) in [4.78, 5) is 0. The van der Waals surface area contributed by atoms with Crippen molar-refractivity contribution in [2.24, 2.45) is 46.3 Å².